The van der Waals surface area contributed by atoms with E-state index in [2.05, 4.69) is 16.0 Å². The van der Waals surface area contributed by atoms with E-state index in [1.165, 1.54) is 19.1 Å². The molecule has 0 aliphatic carbocycles. The topological polar surface area (TPSA) is 234 Å². The summed E-state index contributed by atoms with van der Waals surface area (Å²) in [4.78, 5) is 60.1. The molecular formula is C22H33N5O8. The SMILES string of the molecule is CC(NC(=O)C(CC(=O)O)NC(=O)C(CCCCN)NC(=O)C(N)Cc1ccc(O)cc1)C(=O)O. The minimum atomic E-state index is -1.57. The van der Waals surface area contributed by atoms with E-state index in [1.54, 1.807) is 12.1 Å². The van der Waals surface area contributed by atoms with E-state index in [1.807, 2.05) is 0 Å². The average molecular weight is 496 g/mol. The summed E-state index contributed by atoms with van der Waals surface area (Å²) in [5, 5.41) is 34.4. The van der Waals surface area contributed by atoms with Gasteiger partial charge in [0.25, 0.3) is 0 Å². The molecule has 0 heterocycles. The van der Waals surface area contributed by atoms with Crippen molar-refractivity contribution < 1.29 is 39.3 Å². The molecule has 1 aromatic rings. The van der Waals surface area contributed by atoms with E-state index in [4.69, 9.17) is 21.7 Å². The van der Waals surface area contributed by atoms with Crippen molar-refractivity contribution in [3.63, 3.8) is 0 Å². The third-order valence-corrected chi connectivity index (χ3v) is 5.05. The van der Waals surface area contributed by atoms with Gasteiger partial charge in [0, 0.05) is 0 Å². The van der Waals surface area contributed by atoms with Gasteiger partial charge in [0.2, 0.25) is 17.7 Å². The summed E-state index contributed by atoms with van der Waals surface area (Å²) in [7, 11) is 0. The Kier molecular flexibility index (Phi) is 12.2. The fourth-order valence-corrected chi connectivity index (χ4v) is 3.05. The van der Waals surface area contributed by atoms with Crippen LogP contribution >= 0.6 is 0 Å². The monoisotopic (exact) mass is 495 g/mol. The number of phenols is 1. The second kappa shape index (κ2) is 14.5. The second-order valence-corrected chi connectivity index (χ2v) is 8.05. The molecule has 35 heavy (non-hydrogen) atoms. The first-order valence-corrected chi connectivity index (χ1v) is 11.0. The van der Waals surface area contributed by atoms with E-state index in [0.29, 0.717) is 24.9 Å². The van der Waals surface area contributed by atoms with E-state index >= 15 is 0 Å². The van der Waals surface area contributed by atoms with Gasteiger partial charge in [-0.1, -0.05) is 12.1 Å². The van der Waals surface area contributed by atoms with Gasteiger partial charge in [-0.25, -0.2) is 0 Å². The maximum atomic E-state index is 12.9. The summed E-state index contributed by atoms with van der Waals surface area (Å²) in [6.07, 6.45) is 0.476. The maximum absolute atomic E-state index is 12.9. The molecule has 0 spiro atoms. The molecule has 4 unspecified atom stereocenters. The molecule has 0 bridgehead atoms. The van der Waals surface area contributed by atoms with Gasteiger partial charge in [-0.3, -0.25) is 24.0 Å². The fourth-order valence-electron chi connectivity index (χ4n) is 3.05. The molecule has 1 aromatic carbocycles. The molecule has 1 rings (SSSR count). The number of carboxylic acids is 2. The van der Waals surface area contributed by atoms with Gasteiger partial charge in [-0.15, -0.1) is 0 Å². The van der Waals surface area contributed by atoms with Crippen LogP contribution in [-0.4, -0.2) is 75.7 Å². The fraction of sp³-hybridized carbons (Fsp3) is 0.500. The van der Waals surface area contributed by atoms with Crippen molar-refractivity contribution in [2.75, 3.05) is 6.54 Å². The highest BCUT2D eigenvalue weighted by Gasteiger charge is 2.30. The molecule has 0 saturated carbocycles. The van der Waals surface area contributed by atoms with Gasteiger partial charge in [-0.05, 0) is 56.8 Å². The van der Waals surface area contributed by atoms with Crippen LogP contribution < -0.4 is 27.4 Å². The minimum absolute atomic E-state index is 0.0566. The number of benzene rings is 1. The Morgan fingerprint density at radius 2 is 1.46 bits per heavy atom. The quantitative estimate of drug-likeness (QED) is 0.130. The van der Waals surface area contributed by atoms with Crippen molar-refractivity contribution >= 4 is 29.7 Å². The lowest BCUT2D eigenvalue weighted by atomic mass is 10.0. The molecule has 0 saturated heterocycles. The minimum Gasteiger partial charge on any atom is -0.508 e. The number of nitrogens with two attached hydrogens (primary N) is 2. The highest BCUT2D eigenvalue weighted by molar-refractivity contribution is 5.95. The van der Waals surface area contributed by atoms with Crippen molar-refractivity contribution in [1.82, 2.24) is 16.0 Å². The zero-order valence-corrected chi connectivity index (χ0v) is 19.4. The molecular weight excluding hydrogens is 462 g/mol. The molecule has 13 heteroatoms. The summed E-state index contributed by atoms with van der Waals surface area (Å²) in [6, 6.07) is 1.04. The summed E-state index contributed by atoms with van der Waals surface area (Å²) in [5.74, 6) is -5.14. The first kappa shape index (κ1) is 29.3. The summed E-state index contributed by atoms with van der Waals surface area (Å²) in [5.41, 5.74) is 12.1. The number of aromatic hydroxyl groups is 1. The van der Waals surface area contributed by atoms with Crippen LogP contribution in [0.25, 0.3) is 0 Å². The lowest BCUT2D eigenvalue weighted by Crippen LogP contribution is -2.57. The number of hydrogen-bond acceptors (Lipinski definition) is 8. The Labute approximate surface area is 202 Å². The number of amides is 3. The largest absolute Gasteiger partial charge is 0.508 e. The molecule has 194 valence electrons. The maximum Gasteiger partial charge on any atom is 0.325 e. The van der Waals surface area contributed by atoms with E-state index < -0.39 is 60.2 Å². The highest BCUT2D eigenvalue weighted by Crippen LogP contribution is 2.11. The highest BCUT2D eigenvalue weighted by atomic mass is 16.4. The zero-order valence-electron chi connectivity index (χ0n) is 19.4. The molecule has 13 nitrogen and oxygen atoms in total. The Morgan fingerprint density at radius 1 is 0.886 bits per heavy atom. The first-order valence-electron chi connectivity index (χ1n) is 11.0. The zero-order chi connectivity index (χ0) is 26.5. The smallest absolute Gasteiger partial charge is 0.325 e. The van der Waals surface area contributed by atoms with E-state index in [9.17, 15) is 29.1 Å². The van der Waals surface area contributed by atoms with Crippen molar-refractivity contribution in [2.24, 2.45) is 11.5 Å². The number of rotatable bonds is 15. The molecule has 0 radical (unpaired) electrons. The van der Waals surface area contributed by atoms with Crippen LogP contribution in [0.4, 0.5) is 0 Å². The van der Waals surface area contributed by atoms with Gasteiger partial charge in [0.1, 0.15) is 23.9 Å². The summed E-state index contributed by atoms with van der Waals surface area (Å²) >= 11 is 0. The predicted molar refractivity (Wildman–Crippen MR) is 124 cm³/mol. The number of hydrogen-bond donors (Lipinski definition) is 8. The van der Waals surface area contributed by atoms with Gasteiger partial charge >= 0.3 is 11.9 Å². The Bertz CT molecular complexity index is 892. The normalized spacial score (nSPS) is 14.1. The molecule has 0 aliphatic rings. The Balaban J connectivity index is 2.92. The van der Waals surface area contributed by atoms with Crippen LogP contribution in [0.3, 0.4) is 0 Å². The van der Waals surface area contributed by atoms with Crippen molar-refractivity contribution in [3.8, 4) is 5.75 Å². The van der Waals surface area contributed by atoms with Gasteiger partial charge in [0.15, 0.2) is 0 Å². The number of aliphatic carboxylic acids is 2. The standard InChI is InChI=1S/C22H33N5O8/c1-12(22(34)35)25-21(33)17(11-18(29)30)27-20(32)16(4-2-3-9-23)26-19(31)15(24)10-13-5-7-14(28)8-6-13/h5-8,12,15-17,28H,2-4,9-11,23-24H2,1H3,(H,25,33)(H,26,31)(H,27,32)(H,29,30)(H,34,35). The molecule has 0 aliphatic heterocycles. The number of nitrogens with one attached hydrogen (secondary N) is 3. The van der Waals surface area contributed by atoms with Gasteiger partial charge in [0.05, 0.1) is 12.5 Å². The van der Waals surface area contributed by atoms with Crippen LogP contribution in [0.5, 0.6) is 5.75 Å². The second-order valence-electron chi connectivity index (χ2n) is 8.05. The van der Waals surface area contributed by atoms with Crippen LogP contribution in [-0.2, 0) is 30.4 Å². The van der Waals surface area contributed by atoms with E-state index in [0.717, 1.165) is 0 Å². The number of carbonyl (C=O) groups excluding carboxylic acids is 3. The van der Waals surface area contributed by atoms with Crippen LogP contribution in [0, 0.1) is 0 Å². The van der Waals surface area contributed by atoms with Crippen LogP contribution in [0.1, 0.15) is 38.2 Å². The molecule has 3 amide bonds. The Morgan fingerprint density at radius 3 is 2.00 bits per heavy atom. The number of carbonyl (C=O) groups is 5. The average Bonchev–Trinajstić information content (AvgIpc) is 2.78. The number of phenolic OH excluding ortho intramolecular Hbond substituents is 1. The van der Waals surface area contributed by atoms with Gasteiger partial charge < -0.3 is 42.7 Å². The van der Waals surface area contributed by atoms with Crippen molar-refractivity contribution in [1.29, 1.82) is 0 Å². The number of unbranched alkanes of at least 4 members (excludes halogenated alkanes) is 1. The van der Waals surface area contributed by atoms with Crippen LogP contribution in [0.2, 0.25) is 0 Å². The lowest BCUT2D eigenvalue weighted by Gasteiger charge is -2.24. The molecule has 4 atom stereocenters. The summed E-state index contributed by atoms with van der Waals surface area (Å²) in [6.45, 7) is 1.53. The molecule has 10 N–H and O–H groups in total. The molecule has 0 fully saturated rings. The van der Waals surface area contributed by atoms with Crippen molar-refractivity contribution in [3.05, 3.63) is 29.8 Å². The first-order chi connectivity index (χ1) is 16.4. The predicted octanol–water partition coefficient (Wildman–Crippen LogP) is -1.58. The van der Waals surface area contributed by atoms with Crippen molar-refractivity contribution in [2.45, 2.75) is 63.2 Å². The lowest BCUT2D eigenvalue weighted by molar-refractivity contribution is -0.143. The third-order valence-electron chi connectivity index (χ3n) is 5.05. The molecule has 0 aromatic heterocycles. The summed E-state index contributed by atoms with van der Waals surface area (Å²) < 4.78 is 0. The Hall–Kier alpha value is -3.71. The third kappa shape index (κ3) is 10.8. The van der Waals surface area contributed by atoms with Crippen LogP contribution in [0.15, 0.2) is 24.3 Å². The number of carboxylic acid groups (broad SMARTS) is 2. The van der Waals surface area contributed by atoms with Gasteiger partial charge in [-0.2, -0.15) is 0 Å². The van der Waals surface area contributed by atoms with E-state index in [-0.39, 0.29) is 18.6 Å².